The molecule has 0 spiro atoms. The van der Waals surface area contributed by atoms with Crippen molar-refractivity contribution in [3.63, 3.8) is 0 Å². The van der Waals surface area contributed by atoms with Crippen molar-refractivity contribution in [2.45, 2.75) is 50.9 Å². The molecule has 5 heteroatoms. The zero-order chi connectivity index (χ0) is 17.2. The minimum absolute atomic E-state index is 0.152. The maximum Gasteiger partial charge on any atom is 0.256 e. The van der Waals surface area contributed by atoms with Gasteiger partial charge in [-0.1, -0.05) is 29.8 Å². The molecule has 2 saturated heterocycles. The Hall–Kier alpha value is -1.43. The lowest BCUT2D eigenvalue weighted by Gasteiger charge is -2.42. The molecule has 1 aromatic rings. The number of rotatable bonds is 4. The van der Waals surface area contributed by atoms with E-state index in [1.165, 1.54) is 5.56 Å². The van der Waals surface area contributed by atoms with E-state index in [1.807, 2.05) is 25.1 Å². The molecular weight excluding hydrogens is 304 g/mol. The van der Waals surface area contributed by atoms with Crippen molar-refractivity contribution >= 4 is 5.91 Å². The van der Waals surface area contributed by atoms with Crippen LogP contribution in [0, 0.1) is 6.92 Å². The van der Waals surface area contributed by atoms with Gasteiger partial charge in [-0.05, 0) is 38.2 Å². The molecule has 24 heavy (non-hydrogen) atoms. The molecular formula is C19H28N2O3. The van der Waals surface area contributed by atoms with E-state index in [2.05, 4.69) is 11.0 Å². The highest BCUT2D eigenvalue weighted by Crippen LogP contribution is 2.26. The van der Waals surface area contributed by atoms with Crippen LogP contribution in [0.1, 0.15) is 36.8 Å². The van der Waals surface area contributed by atoms with Crippen LogP contribution >= 0.6 is 0 Å². The largest absolute Gasteiger partial charge is 0.393 e. The quantitative estimate of drug-likeness (QED) is 0.872. The number of piperidine rings is 2. The SMILES string of the molecule is Cc1cccc(CN2CCCC(O)(CN3CCC(O)CC3)C2=O)c1. The molecule has 0 saturated carbocycles. The van der Waals surface area contributed by atoms with Crippen LogP contribution in [0.25, 0.3) is 0 Å². The highest BCUT2D eigenvalue weighted by Gasteiger charge is 2.43. The van der Waals surface area contributed by atoms with Crippen molar-refractivity contribution in [2.75, 3.05) is 26.2 Å². The standard InChI is InChI=1S/C19H28N2O3/c1-15-4-2-5-16(12-15)13-21-9-3-8-19(24,18(21)23)14-20-10-6-17(22)7-11-20/h2,4-5,12,17,22,24H,3,6-11,13-14H2,1H3. The summed E-state index contributed by atoms with van der Waals surface area (Å²) < 4.78 is 0. The summed E-state index contributed by atoms with van der Waals surface area (Å²) in [5.41, 5.74) is 0.998. The first-order valence-corrected chi connectivity index (χ1v) is 8.94. The number of benzene rings is 1. The fraction of sp³-hybridized carbons (Fsp3) is 0.632. The summed E-state index contributed by atoms with van der Waals surface area (Å²) in [6.45, 7) is 5.17. The number of aliphatic hydroxyl groups excluding tert-OH is 1. The van der Waals surface area contributed by atoms with Gasteiger partial charge < -0.3 is 15.1 Å². The second kappa shape index (κ2) is 7.21. The summed E-state index contributed by atoms with van der Waals surface area (Å²) in [7, 11) is 0. The van der Waals surface area contributed by atoms with Gasteiger partial charge >= 0.3 is 0 Å². The number of β-amino-alcohol motifs (C(OH)–C–C–N with tert-alkyl or cyclic N) is 1. The van der Waals surface area contributed by atoms with Crippen LogP contribution < -0.4 is 0 Å². The van der Waals surface area contributed by atoms with Crippen molar-refractivity contribution < 1.29 is 15.0 Å². The molecule has 2 N–H and O–H groups in total. The van der Waals surface area contributed by atoms with E-state index in [1.54, 1.807) is 4.90 Å². The first-order chi connectivity index (χ1) is 11.5. The number of carbonyl (C=O) groups is 1. The van der Waals surface area contributed by atoms with Crippen LogP contribution in [0.15, 0.2) is 24.3 Å². The lowest BCUT2D eigenvalue weighted by Crippen LogP contribution is -2.59. The molecule has 0 radical (unpaired) electrons. The molecule has 1 atom stereocenters. The second-order valence-electron chi connectivity index (χ2n) is 7.36. The van der Waals surface area contributed by atoms with Crippen molar-refractivity contribution in [2.24, 2.45) is 0 Å². The normalized spacial score (nSPS) is 26.8. The van der Waals surface area contributed by atoms with Crippen LogP contribution in [-0.4, -0.2) is 63.8 Å². The van der Waals surface area contributed by atoms with Crippen LogP contribution in [0.5, 0.6) is 0 Å². The van der Waals surface area contributed by atoms with E-state index in [9.17, 15) is 15.0 Å². The number of amides is 1. The Labute approximate surface area is 143 Å². The number of aliphatic hydroxyl groups is 2. The predicted molar refractivity (Wildman–Crippen MR) is 92.5 cm³/mol. The van der Waals surface area contributed by atoms with E-state index in [4.69, 9.17) is 0 Å². The maximum absolute atomic E-state index is 12.9. The lowest BCUT2D eigenvalue weighted by atomic mass is 9.90. The number of hydrogen-bond donors (Lipinski definition) is 2. The lowest BCUT2D eigenvalue weighted by molar-refractivity contribution is -0.160. The van der Waals surface area contributed by atoms with Crippen molar-refractivity contribution in [1.82, 2.24) is 9.80 Å². The predicted octanol–water partition coefficient (Wildman–Crippen LogP) is 1.31. The number of aryl methyl sites for hydroxylation is 1. The van der Waals surface area contributed by atoms with Gasteiger partial charge in [-0.2, -0.15) is 0 Å². The Morgan fingerprint density at radius 3 is 2.71 bits per heavy atom. The van der Waals surface area contributed by atoms with E-state index >= 15 is 0 Å². The number of carbonyl (C=O) groups excluding carboxylic acids is 1. The Morgan fingerprint density at radius 1 is 1.25 bits per heavy atom. The van der Waals surface area contributed by atoms with E-state index in [0.717, 1.165) is 37.9 Å². The summed E-state index contributed by atoms with van der Waals surface area (Å²) in [6, 6.07) is 8.17. The third-order valence-electron chi connectivity index (χ3n) is 5.20. The zero-order valence-electron chi connectivity index (χ0n) is 14.4. The fourth-order valence-corrected chi connectivity index (χ4v) is 3.84. The molecule has 1 unspecified atom stereocenters. The molecule has 0 aliphatic carbocycles. The van der Waals surface area contributed by atoms with E-state index in [-0.39, 0.29) is 12.0 Å². The summed E-state index contributed by atoms with van der Waals surface area (Å²) in [5.74, 6) is -0.152. The minimum atomic E-state index is -1.29. The number of nitrogens with zero attached hydrogens (tertiary/aromatic N) is 2. The highest BCUT2D eigenvalue weighted by atomic mass is 16.3. The van der Waals surface area contributed by atoms with Crippen molar-refractivity contribution in [3.05, 3.63) is 35.4 Å². The van der Waals surface area contributed by atoms with Crippen LogP contribution in [0.4, 0.5) is 0 Å². The summed E-state index contributed by atoms with van der Waals surface area (Å²) in [4.78, 5) is 16.8. The average Bonchev–Trinajstić information content (AvgIpc) is 2.54. The van der Waals surface area contributed by atoms with E-state index in [0.29, 0.717) is 26.1 Å². The molecule has 2 aliphatic heterocycles. The first-order valence-electron chi connectivity index (χ1n) is 8.94. The zero-order valence-corrected chi connectivity index (χ0v) is 14.4. The summed E-state index contributed by atoms with van der Waals surface area (Å²) in [6.07, 6.45) is 2.55. The smallest absolute Gasteiger partial charge is 0.256 e. The van der Waals surface area contributed by atoms with Crippen molar-refractivity contribution in [3.8, 4) is 0 Å². The third kappa shape index (κ3) is 3.97. The van der Waals surface area contributed by atoms with Gasteiger partial charge in [0.05, 0.1) is 6.10 Å². The molecule has 0 aromatic heterocycles. The Morgan fingerprint density at radius 2 is 2.00 bits per heavy atom. The molecule has 5 nitrogen and oxygen atoms in total. The molecule has 3 rings (SSSR count). The van der Waals surface area contributed by atoms with Gasteiger partial charge in [-0.3, -0.25) is 9.69 Å². The van der Waals surface area contributed by atoms with Gasteiger partial charge in [0.1, 0.15) is 0 Å². The van der Waals surface area contributed by atoms with Crippen LogP contribution in [0.2, 0.25) is 0 Å². The van der Waals surface area contributed by atoms with Gasteiger partial charge in [-0.15, -0.1) is 0 Å². The molecule has 132 valence electrons. The topological polar surface area (TPSA) is 64.0 Å². The molecule has 2 aliphatic rings. The fourth-order valence-electron chi connectivity index (χ4n) is 3.84. The van der Waals surface area contributed by atoms with E-state index < -0.39 is 5.60 Å². The molecule has 2 heterocycles. The van der Waals surface area contributed by atoms with Crippen LogP contribution in [0.3, 0.4) is 0 Å². The Bertz CT molecular complexity index is 584. The van der Waals surface area contributed by atoms with Crippen LogP contribution in [-0.2, 0) is 11.3 Å². The molecule has 1 aromatic carbocycles. The highest BCUT2D eigenvalue weighted by molar-refractivity contribution is 5.86. The number of likely N-dealkylation sites (tertiary alicyclic amines) is 2. The first kappa shape index (κ1) is 17.4. The molecule has 0 bridgehead atoms. The molecule has 2 fully saturated rings. The minimum Gasteiger partial charge on any atom is -0.393 e. The van der Waals surface area contributed by atoms with Gasteiger partial charge in [0.25, 0.3) is 5.91 Å². The monoisotopic (exact) mass is 332 g/mol. The summed E-state index contributed by atoms with van der Waals surface area (Å²) in [5, 5.41) is 20.6. The average molecular weight is 332 g/mol. The summed E-state index contributed by atoms with van der Waals surface area (Å²) >= 11 is 0. The Balaban J connectivity index is 1.65. The second-order valence-corrected chi connectivity index (χ2v) is 7.36. The third-order valence-corrected chi connectivity index (χ3v) is 5.20. The van der Waals surface area contributed by atoms with Gasteiger partial charge in [-0.25, -0.2) is 0 Å². The van der Waals surface area contributed by atoms with Gasteiger partial charge in [0, 0.05) is 32.7 Å². The van der Waals surface area contributed by atoms with Crippen molar-refractivity contribution in [1.29, 1.82) is 0 Å². The van der Waals surface area contributed by atoms with Gasteiger partial charge in [0.15, 0.2) is 5.60 Å². The number of hydrogen-bond acceptors (Lipinski definition) is 4. The maximum atomic E-state index is 12.9. The van der Waals surface area contributed by atoms with Gasteiger partial charge in [0.2, 0.25) is 0 Å². The molecule has 1 amide bonds. The Kier molecular flexibility index (Phi) is 5.23.